The van der Waals surface area contributed by atoms with Gasteiger partial charge < -0.3 is 5.32 Å². The number of anilines is 1. The van der Waals surface area contributed by atoms with E-state index in [9.17, 15) is 4.79 Å². The third-order valence-corrected chi connectivity index (χ3v) is 4.40. The molecular formula is C14H12BrN5OS. The first kappa shape index (κ1) is 14.9. The maximum Gasteiger partial charge on any atom is 0.250 e. The molecule has 112 valence electrons. The largest absolute Gasteiger partial charge is 0.324 e. The van der Waals surface area contributed by atoms with E-state index in [2.05, 4.69) is 36.7 Å². The fraction of sp³-hybridized carbons (Fsp3) is 0.143. The summed E-state index contributed by atoms with van der Waals surface area (Å²) in [4.78, 5) is 14.5. The van der Waals surface area contributed by atoms with Crippen LogP contribution >= 0.6 is 27.3 Å². The van der Waals surface area contributed by atoms with Crippen molar-refractivity contribution in [2.45, 2.75) is 13.0 Å². The van der Waals surface area contributed by atoms with Gasteiger partial charge >= 0.3 is 0 Å². The highest BCUT2D eigenvalue weighted by Crippen LogP contribution is 2.20. The summed E-state index contributed by atoms with van der Waals surface area (Å²) in [5.74, 6) is 0.329. The molecule has 0 aliphatic heterocycles. The number of nitrogens with zero attached hydrogens (tertiary/aromatic N) is 4. The fourth-order valence-corrected chi connectivity index (χ4v) is 2.69. The van der Waals surface area contributed by atoms with Gasteiger partial charge in [0.25, 0.3) is 5.91 Å². The van der Waals surface area contributed by atoms with E-state index in [0.717, 1.165) is 15.0 Å². The van der Waals surface area contributed by atoms with Crippen LogP contribution in [0.2, 0.25) is 0 Å². The van der Waals surface area contributed by atoms with Crippen LogP contribution in [0.4, 0.5) is 5.69 Å². The molecule has 0 unspecified atom stereocenters. The number of amides is 1. The molecule has 0 aliphatic rings. The first-order chi connectivity index (χ1) is 10.6. The lowest BCUT2D eigenvalue weighted by atomic mass is 10.3. The smallest absolute Gasteiger partial charge is 0.250 e. The zero-order valence-corrected chi connectivity index (χ0v) is 14.0. The number of tetrazole rings is 1. The third kappa shape index (κ3) is 3.23. The maximum atomic E-state index is 12.2. The molecule has 0 fully saturated rings. The molecule has 1 aromatic carbocycles. The summed E-state index contributed by atoms with van der Waals surface area (Å²) < 4.78 is 0.956. The number of carbonyl (C=O) groups is 1. The van der Waals surface area contributed by atoms with Crippen molar-refractivity contribution in [1.82, 2.24) is 20.2 Å². The van der Waals surface area contributed by atoms with Crippen LogP contribution in [0.5, 0.6) is 0 Å². The lowest BCUT2D eigenvalue weighted by Crippen LogP contribution is -2.25. The van der Waals surface area contributed by atoms with Crippen molar-refractivity contribution >= 4 is 38.9 Å². The van der Waals surface area contributed by atoms with Gasteiger partial charge in [-0.1, -0.05) is 22.0 Å². The van der Waals surface area contributed by atoms with Crippen molar-refractivity contribution in [3.63, 3.8) is 0 Å². The zero-order chi connectivity index (χ0) is 15.5. The summed E-state index contributed by atoms with van der Waals surface area (Å²) in [7, 11) is 0. The van der Waals surface area contributed by atoms with E-state index in [4.69, 9.17) is 0 Å². The summed E-state index contributed by atoms with van der Waals surface area (Å²) in [5, 5.41) is 17.0. The van der Waals surface area contributed by atoms with Crippen LogP contribution in [0.1, 0.15) is 13.0 Å². The van der Waals surface area contributed by atoms with Crippen molar-refractivity contribution in [3.05, 3.63) is 46.3 Å². The molecule has 6 nitrogen and oxygen atoms in total. The Balaban J connectivity index is 1.71. The topological polar surface area (TPSA) is 72.7 Å². The predicted octanol–water partition coefficient (Wildman–Crippen LogP) is 3.36. The maximum absolute atomic E-state index is 12.2. The molecule has 1 amide bonds. The number of nitrogens with one attached hydrogen (secondary N) is 1. The van der Waals surface area contributed by atoms with Crippen LogP contribution < -0.4 is 5.32 Å². The van der Waals surface area contributed by atoms with Crippen LogP contribution in [-0.4, -0.2) is 26.1 Å². The van der Waals surface area contributed by atoms with Crippen molar-refractivity contribution in [2.75, 3.05) is 5.32 Å². The normalized spacial score (nSPS) is 12.1. The molecule has 0 bridgehead atoms. The highest BCUT2D eigenvalue weighted by atomic mass is 79.9. The molecule has 3 aromatic rings. The monoisotopic (exact) mass is 377 g/mol. The zero-order valence-electron chi connectivity index (χ0n) is 11.6. The Morgan fingerprint density at radius 2 is 2.09 bits per heavy atom. The molecule has 3 rings (SSSR count). The lowest BCUT2D eigenvalue weighted by molar-refractivity contribution is -0.119. The molecule has 0 radical (unpaired) electrons. The van der Waals surface area contributed by atoms with Gasteiger partial charge in [-0.15, -0.1) is 21.5 Å². The average Bonchev–Trinajstić information content (AvgIpc) is 3.19. The predicted molar refractivity (Wildman–Crippen MR) is 88.6 cm³/mol. The van der Waals surface area contributed by atoms with E-state index < -0.39 is 6.04 Å². The van der Waals surface area contributed by atoms with Gasteiger partial charge in [-0.05, 0) is 47.8 Å². The molecule has 0 spiro atoms. The van der Waals surface area contributed by atoms with Crippen molar-refractivity contribution in [2.24, 2.45) is 0 Å². The number of thiophene rings is 1. The number of benzene rings is 1. The molecule has 1 N–H and O–H groups in total. The first-order valence-electron chi connectivity index (χ1n) is 6.53. The Labute approximate surface area is 139 Å². The van der Waals surface area contributed by atoms with Gasteiger partial charge in [-0.25, -0.2) is 0 Å². The van der Waals surface area contributed by atoms with Gasteiger partial charge in [-0.3, -0.25) is 4.79 Å². The second-order valence-corrected chi connectivity index (χ2v) is 6.45. The van der Waals surface area contributed by atoms with Gasteiger partial charge in [0, 0.05) is 10.2 Å². The van der Waals surface area contributed by atoms with E-state index in [0.29, 0.717) is 5.82 Å². The second-order valence-electron chi connectivity index (χ2n) is 4.58. The Morgan fingerprint density at radius 1 is 1.32 bits per heavy atom. The highest BCUT2D eigenvalue weighted by molar-refractivity contribution is 9.10. The summed E-state index contributed by atoms with van der Waals surface area (Å²) in [6, 6.07) is 10.7. The van der Waals surface area contributed by atoms with E-state index in [1.807, 2.05) is 41.8 Å². The Bertz CT molecular complexity index is 769. The van der Waals surface area contributed by atoms with E-state index >= 15 is 0 Å². The van der Waals surface area contributed by atoms with E-state index in [-0.39, 0.29) is 5.91 Å². The number of hydrogen-bond donors (Lipinski definition) is 1. The minimum Gasteiger partial charge on any atom is -0.324 e. The summed E-state index contributed by atoms with van der Waals surface area (Å²) in [6.45, 7) is 1.73. The van der Waals surface area contributed by atoms with Gasteiger partial charge in [0.05, 0.1) is 4.88 Å². The number of halogens is 1. The van der Waals surface area contributed by atoms with Crippen LogP contribution in [-0.2, 0) is 4.79 Å². The molecule has 0 saturated heterocycles. The Hall–Kier alpha value is -2.06. The van der Waals surface area contributed by atoms with Crippen LogP contribution in [0, 0.1) is 0 Å². The number of hydrogen-bond acceptors (Lipinski definition) is 5. The molecule has 1 atom stereocenters. The summed E-state index contributed by atoms with van der Waals surface area (Å²) in [5.41, 5.74) is 0.721. The number of carbonyl (C=O) groups excluding carboxylic acids is 1. The Morgan fingerprint density at radius 3 is 2.77 bits per heavy atom. The molecule has 0 aliphatic carbocycles. The van der Waals surface area contributed by atoms with Crippen molar-refractivity contribution in [1.29, 1.82) is 0 Å². The fourth-order valence-electron chi connectivity index (χ4n) is 1.78. The van der Waals surface area contributed by atoms with Gasteiger partial charge in [0.1, 0.15) is 6.04 Å². The standard InChI is InChI=1S/C14H12BrN5OS/c1-9(14(21)16-11-6-4-10(15)5-7-11)20-18-13(17-19-20)12-3-2-8-22-12/h2-9H,1H3,(H,16,21)/t9-/m0/s1. The molecule has 22 heavy (non-hydrogen) atoms. The first-order valence-corrected chi connectivity index (χ1v) is 8.20. The van der Waals surface area contributed by atoms with Crippen LogP contribution in [0.15, 0.2) is 46.3 Å². The van der Waals surface area contributed by atoms with E-state index in [1.165, 1.54) is 16.1 Å². The van der Waals surface area contributed by atoms with E-state index in [1.54, 1.807) is 6.92 Å². The third-order valence-electron chi connectivity index (χ3n) is 3.01. The van der Waals surface area contributed by atoms with Gasteiger partial charge in [0.2, 0.25) is 5.82 Å². The van der Waals surface area contributed by atoms with Crippen LogP contribution in [0.3, 0.4) is 0 Å². The molecule has 8 heteroatoms. The quantitative estimate of drug-likeness (QED) is 0.756. The minimum absolute atomic E-state index is 0.197. The summed E-state index contributed by atoms with van der Waals surface area (Å²) in [6.07, 6.45) is 0. The molecule has 2 heterocycles. The minimum atomic E-state index is -0.551. The van der Waals surface area contributed by atoms with Crippen molar-refractivity contribution < 1.29 is 4.79 Å². The second kappa shape index (κ2) is 6.37. The van der Waals surface area contributed by atoms with Gasteiger partial charge in [0.15, 0.2) is 0 Å². The number of aromatic nitrogens is 4. The van der Waals surface area contributed by atoms with Gasteiger partial charge in [-0.2, -0.15) is 4.80 Å². The molecule has 2 aromatic heterocycles. The summed E-state index contributed by atoms with van der Waals surface area (Å²) >= 11 is 4.88. The highest BCUT2D eigenvalue weighted by Gasteiger charge is 2.19. The number of rotatable bonds is 4. The van der Waals surface area contributed by atoms with Crippen molar-refractivity contribution in [3.8, 4) is 10.7 Å². The lowest BCUT2D eigenvalue weighted by Gasteiger charge is -2.10. The SMILES string of the molecule is C[C@@H](C(=O)Nc1ccc(Br)cc1)n1nnc(-c2cccs2)n1. The Kier molecular flexibility index (Phi) is 4.30. The molecular weight excluding hydrogens is 366 g/mol. The average molecular weight is 378 g/mol. The molecule has 0 saturated carbocycles. The van der Waals surface area contributed by atoms with Crippen LogP contribution in [0.25, 0.3) is 10.7 Å².